The fraction of sp³-hybridized carbons (Fsp3) is 0.143. The van der Waals surface area contributed by atoms with E-state index in [1.807, 2.05) is 0 Å². The van der Waals surface area contributed by atoms with Gasteiger partial charge in [-0.2, -0.15) is 0 Å². The first kappa shape index (κ1) is 20.7. The van der Waals surface area contributed by atoms with Gasteiger partial charge in [0.05, 0.1) is 10.5 Å². The molecular weight excluding hydrogens is 393 g/mol. The Kier molecular flexibility index (Phi) is 5.91. The number of benzene rings is 2. The number of halogens is 1. The molecule has 0 aliphatic heterocycles. The van der Waals surface area contributed by atoms with Crippen molar-refractivity contribution in [2.24, 2.45) is 0 Å². The Labute approximate surface area is 171 Å². The molecule has 0 fully saturated rings. The zero-order chi connectivity index (χ0) is 21.8. The van der Waals surface area contributed by atoms with Crippen LogP contribution < -0.4 is 5.32 Å². The van der Waals surface area contributed by atoms with Crippen LogP contribution in [0.4, 0.5) is 15.8 Å². The van der Waals surface area contributed by atoms with E-state index in [1.54, 1.807) is 42.7 Å². The summed E-state index contributed by atoms with van der Waals surface area (Å²) in [7, 11) is 0. The Hall–Kier alpha value is -4.01. The van der Waals surface area contributed by atoms with Crippen LogP contribution in [0.5, 0.6) is 0 Å². The van der Waals surface area contributed by atoms with Gasteiger partial charge in [0.15, 0.2) is 6.61 Å². The largest absolute Gasteiger partial charge is 0.452 e. The lowest BCUT2D eigenvalue weighted by Crippen LogP contribution is -2.21. The Morgan fingerprint density at radius 2 is 1.80 bits per heavy atom. The van der Waals surface area contributed by atoms with Crippen molar-refractivity contribution >= 4 is 23.3 Å². The number of carbonyl (C=O) groups is 2. The van der Waals surface area contributed by atoms with Crippen molar-refractivity contribution < 1.29 is 23.6 Å². The van der Waals surface area contributed by atoms with Crippen LogP contribution in [0.1, 0.15) is 21.7 Å². The first-order valence-corrected chi connectivity index (χ1v) is 8.93. The smallest absolute Gasteiger partial charge is 0.340 e. The van der Waals surface area contributed by atoms with Gasteiger partial charge in [-0.1, -0.05) is 12.1 Å². The standard InChI is InChI=1S/C21H18FN3O5/c1-13-11-17(14(2)24(13)16-9-7-15(22)8-10-16)21(27)30-12-20(26)23-18-5-3-4-6-19(18)25(28)29/h3-11H,12H2,1-2H3,(H,23,26). The summed E-state index contributed by atoms with van der Waals surface area (Å²) in [6.07, 6.45) is 0. The number of esters is 1. The summed E-state index contributed by atoms with van der Waals surface area (Å²) in [6, 6.07) is 13.1. The van der Waals surface area contributed by atoms with Gasteiger partial charge < -0.3 is 14.6 Å². The summed E-state index contributed by atoms with van der Waals surface area (Å²) in [4.78, 5) is 34.9. The van der Waals surface area contributed by atoms with Crippen molar-refractivity contribution in [2.75, 3.05) is 11.9 Å². The maximum Gasteiger partial charge on any atom is 0.340 e. The molecule has 1 aromatic heterocycles. The van der Waals surface area contributed by atoms with Crippen molar-refractivity contribution in [1.82, 2.24) is 4.57 Å². The van der Waals surface area contributed by atoms with Crippen LogP contribution in [0, 0.1) is 29.8 Å². The second-order valence-electron chi connectivity index (χ2n) is 6.50. The third kappa shape index (κ3) is 4.35. The van der Waals surface area contributed by atoms with E-state index in [0.29, 0.717) is 11.4 Å². The number of nitrogens with one attached hydrogen (secondary N) is 1. The molecule has 0 unspecified atom stereocenters. The molecule has 3 rings (SSSR count). The van der Waals surface area contributed by atoms with Crippen LogP contribution in [0.2, 0.25) is 0 Å². The number of nitro benzene ring substituents is 1. The number of nitrogens with zero attached hydrogens (tertiary/aromatic N) is 2. The minimum absolute atomic E-state index is 0.0121. The summed E-state index contributed by atoms with van der Waals surface area (Å²) in [5.74, 6) is -1.79. The van der Waals surface area contributed by atoms with Gasteiger partial charge in [0.2, 0.25) is 0 Å². The molecule has 1 heterocycles. The average molecular weight is 411 g/mol. The van der Waals surface area contributed by atoms with Crippen LogP contribution in [0.25, 0.3) is 5.69 Å². The van der Waals surface area contributed by atoms with E-state index in [2.05, 4.69) is 5.32 Å². The SMILES string of the molecule is Cc1cc(C(=O)OCC(=O)Nc2ccccc2[N+](=O)[O-])c(C)n1-c1ccc(F)cc1. The normalized spacial score (nSPS) is 10.5. The van der Waals surface area contributed by atoms with E-state index in [9.17, 15) is 24.1 Å². The zero-order valence-corrected chi connectivity index (χ0v) is 16.2. The molecule has 154 valence electrons. The Morgan fingerprint density at radius 3 is 2.47 bits per heavy atom. The van der Waals surface area contributed by atoms with Crippen molar-refractivity contribution in [1.29, 1.82) is 0 Å². The van der Waals surface area contributed by atoms with E-state index in [1.165, 1.54) is 30.3 Å². The fourth-order valence-electron chi connectivity index (χ4n) is 3.09. The predicted octanol–water partition coefficient (Wildman–Crippen LogP) is 3.94. The second-order valence-corrected chi connectivity index (χ2v) is 6.50. The molecular formula is C21H18FN3O5. The number of nitro groups is 1. The number of rotatable bonds is 6. The van der Waals surface area contributed by atoms with Crippen LogP contribution in [0.3, 0.4) is 0 Å². The van der Waals surface area contributed by atoms with Gasteiger partial charge in [0, 0.05) is 23.1 Å². The summed E-state index contributed by atoms with van der Waals surface area (Å²) in [6.45, 7) is 2.89. The highest BCUT2D eigenvalue weighted by atomic mass is 19.1. The van der Waals surface area contributed by atoms with Crippen LogP contribution >= 0.6 is 0 Å². The van der Waals surface area contributed by atoms with Crippen LogP contribution in [0.15, 0.2) is 54.6 Å². The molecule has 0 aliphatic rings. The minimum atomic E-state index is -0.714. The molecule has 1 amide bonds. The number of amides is 1. The maximum atomic E-state index is 13.2. The number of aromatic nitrogens is 1. The topological polar surface area (TPSA) is 103 Å². The molecule has 2 aromatic carbocycles. The number of hydrogen-bond donors (Lipinski definition) is 1. The van der Waals surface area contributed by atoms with Gasteiger partial charge in [-0.25, -0.2) is 9.18 Å². The van der Waals surface area contributed by atoms with Gasteiger partial charge in [-0.05, 0) is 50.2 Å². The molecule has 0 bridgehead atoms. The lowest BCUT2D eigenvalue weighted by molar-refractivity contribution is -0.383. The summed E-state index contributed by atoms with van der Waals surface area (Å²) < 4.78 is 20.0. The second kappa shape index (κ2) is 8.56. The number of hydrogen-bond acceptors (Lipinski definition) is 5. The Bertz CT molecular complexity index is 1120. The molecule has 1 N–H and O–H groups in total. The first-order chi connectivity index (χ1) is 14.3. The van der Waals surface area contributed by atoms with Gasteiger partial charge in [-0.15, -0.1) is 0 Å². The van der Waals surface area contributed by atoms with Gasteiger partial charge in [0.25, 0.3) is 11.6 Å². The van der Waals surface area contributed by atoms with Gasteiger partial charge in [-0.3, -0.25) is 14.9 Å². The van der Waals surface area contributed by atoms with E-state index in [0.717, 1.165) is 5.69 Å². The van der Waals surface area contributed by atoms with E-state index in [4.69, 9.17) is 4.74 Å². The lowest BCUT2D eigenvalue weighted by Gasteiger charge is -2.10. The molecule has 0 spiro atoms. The highest BCUT2D eigenvalue weighted by molar-refractivity contribution is 5.97. The van der Waals surface area contributed by atoms with Crippen molar-refractivity contribution in [3.8, 4) is 5.69 Å². The third-order valence-corrected chi connectivity index (χ3v) is 4.45. The van der Waals surface area contributed by atoms with Gasteiger partial charge >= 0.3 is 5.97 Å². The molecule has 30 heavy (non-hydrogen) atoms. The van der Waals surface area contributed by atoms with Gasteiger partial charge in [0.1, 0.15) is 11.5 Å². The van der Waals surface area contributed by atoms with Crippen LogP contribution in [-0.2, 0) is 9.53 Å². The predicted molar refractivity (Wildman–Crippen MR) is 107 cm³/mol. The fourth-order valence-corrected chi connectivity index (χ4v) is 3.09. The minimum Gasteiger partial charge on any atom is -0.452 e. The van der Waals surface area contributed by atoms with Crippen molar-refractivity contribution in [3.63, 3.8) is 0 Å². The summed E-state index contributed by atoms with van der Waals surface area (Å²) >= 11 is 0. The highest BCUT2D eigenvalue weighted by Crippen LogP contribution is 2.24. The molecule has 3 aromatic rings. The zero-order valence-electron chi connectivity index (χ0n) is 16.2. The molecule has 8 nitrogen and oxygen atoms in total. The Morgan fingerprint density at radius 1 is 1.13 bits per heavy atom. The quantitative estimate of drug-likeness (QED) is 0.376. The lowest BCUT2D eigenvalue weighted by atomic mass is 10.2. The Balaban J connectivity index is 1.70. The van der Waals surface area contributed by atoms with E-state index < -0.39 is 23.4 Å². The monoisotopic (exact) mass is 411 g/mol. The number of anilines is 1. The molecule has 9 heteroatoms. The average Bonchev–Trinajstić information content (AvgIpc) is 3.01. The van der Waals surface area contributed by atoms with Crippen LogP contribution in [-0.4, -0.2) is 28.0 Å². The van der Waals surface area contributed by atoms with E-state index in [-0.39, 0.29) is 22.8 Å². The summed E-state index contributed by atoms with van der Waals surface area (Å²) in [5.41, 5.74) is 1.99. The molecule has 0 atom stereocenters. The highest BCUT2D eigenvalue weighted by Gasteiger charge is 2.20. The number of ether oxygens (including phenoxy) is 1. The third-order valence-electron chi connectivity index (χ3n) is 4.45. The summed E-state index contributed by atoms with van der Waals surface area (Å²) in [5, 5.41) is 13.4. The van der Waals surface area contributed by atoms with E-state index >= 15 is 0 Å². The maximum absolute atomic E-state index is 13.2. The molecule has 0 saturated heterocycles. The first-order valence-electron chi connectivity index (χ1n) is 8.93. The number of carbonyl (C=O) groups excluding carboxylic acids is 2. The van der Waals surface area contributed by atoms with Crippen molar-refractivity contribution in [2.45, 2.75) is 13.8 Å². The molecule has 0 radical (unpaired) electrons. The molecule has 0 aliphatic carbocycles. The number of para-hydroxylation sites is 2. The van der Waals surface area contributed by atoms with Crippen molar-refractivity contribution in [3.05, 3.63) is 87.5 Å². The number of aryl methyl sites for hydroxylation is 1. The molecule has 0 saturated carbocycles.